The molecule has 0 fully saturated rings. The molecule has 2 aromatic rings. The summed E-state index contributed by atoms with van der Waals surface area (Å²) in [5, 5.41) is 11.9. The second-order valence-corrected chi connectivity index (χ2v) is 5.57. The highest BCUT2D eigenvalue weighted by atomic mass is 32.1. The molecule has 2 rings (SSSR count). The van der Waals surface area contributed by atoms with Crippen LogP contribution in [0.5, 0.6) is 0 Å². The largest absolute Gasteiger partial charge is 0.481 e. The minimum absolute atomic E-state index is 0.0690. The van der Waals surface area contributed by atoms with Crippen LogP contribution in [0.15, 0.2) is 30.3 Å². The number of hydrogen-bond acceptors (Lipinski definition) is 5. The molecule has 1 aromatic carbocycles. The van der Waals surface area contributed by atoms with Gasteiger partial charge in [0, 0.05) is 13.7 Å². The number of aromatic nitrogens is 1. The number of carboxylic acids is 1. The predicted octanol–water partition coefficient (Wildman–Crippen LogP) is 2.16. The van der Waals surface area contributed by atoms with Gasteiger partial charge in [-0.15, -0.1) is 11.3 Å². The molecule has 0 aliphatic rings. The van der Waals surface area contributed by atoms with Crippen molar-refractivity contribution < 1.29 is 19.4 Å². The zero-order valence-electron chi connectivity index (χ0n) is 12.0. The van der Waals surface area contributed by atoms with Crippen molar-refractivity contribution in [3.63, 3.8) is 0 Å². The Labute approximate surface area is 131 Å². The summed E-state index contributed by atoms with van der Waals surface area (Å²) in [6.07, 6.45) is -0.124. The summed E-state index contributed by atoms with van der Waals surface area (Å²) in [4.78, 5) is 27.8. The summed E-state index contributed by atoms with van der Waals surface area (Å²) in [7, 11) is 1.57. The van der Waals surface area contributed by atoms with E-state index < -0.39 is 5.97 Å². The number of rotatable bonds is 7. The molecule has 0 spiro atoms. The molecule has 0 atom stereocenters. The van der Waals surface area contributed by atoms with Gasteiger partial charge in [-0.1, -0.05) is 30.3 Å². The Kier molecular flexibility index (Phi) is 5.62. The maximum Gasteiger partial charge on any atom is 0.305 e. The summed E-state index contributed by atoms with van der Waals surface area (Å²) < 4.78 is 5.06. The first-order valence-electron chi connectivity index (χ1n) is 6.66. The summed E-state index contributed by atoms with van der Waals surface area (Å²) in [5.74, 6) is -1.33. The van der Waals surface area contributed by atoms with E-state index in [2.05, 4.69) is 10.3 Å². The summed E-state index contributed by atoms with van der Waals surface area (Å²) in [6.45, 7) is 0.395. The first-order chi connectivity index (χ1) is 10.6. The van der Waals surface area contributed by atoms with E-state index >= 15 is 0 Å². The molecular formula is C15H16N2O4S. The summed E-state index contributed by atoms with van der Waals surface area (Å²) in [5.41, 5.74) is 1.19. The Morgan fingerprint density at radius 2 is 2.05 bits per heavy atom. The van der Waals surface area contributed by atoms with Gasteiger partial charge >= 0.3 is 5.97 Å². The van der Waals surface area contributed by atoms with Crippen molar-refractivity contribution >= 4 is 23.2 Å². The number of benzene rings is 1. The van der Waals surface area contributed by atoms with Gasteiger partial charge in [0.15, 0.2) is 0 Å². The third kappa shape index (κ3) is 4.12. The highest BCUT2D eigenvalue weighted by molar-refractivity contribution is 7.15. The van der Waals surface area contributed by atoms with Crippen LogP contribution in [0.2, 0.25) is 0 Å². The van der Waals surface area contributed by atoms with E-state index in [0.29, 0.717) is 17.3 Å². The van der Waals surface area contributed by atoms with Gasteiger partial charge in [0.05, 0.1) is 17.9 Å². The average Bonchev–Trinajstić information content (AvgIpc) is 2.92. The number of amides is 1. The number of nitrogens with one attached hydrogen (secondary N) is 1. The van der Waals surface area contributed by atoms with Gasteiger partial charge in [-0.25, -0.2) is 4.98 Å². The van der Waals surface area contributed by atoms with Gasteiger partial charge in [-0.05, 0) is 5.56 Å². The first kappa shape index (κ1) is 16.1. The van der Waals surface area contributed by atoms with Gasteiger partial charge < -0.3 is 15.2 Å². The van der Waals surface area contributed by atoms with Crippen LogP contribution in [0.4, 0.5) is 0 Å². The third-order valence-corrected chi connectivity index (χ3v) is 3.89. The highest BCUT2D eigenvalue weighted by Gasteiger charge is 2.19. The van der Waals surface area contributed by atoms with Gasteiger partial charge in [-0.2, -0.15) is 0 Å². The van der Waals surface area contributed by atoms with Gasteiger partial charge in [0.1, 0.15) is 10.7 Å². The Bertz CT molecular complexity index is 655. The van der Waals surface area contributed by atoms with Crippen LogP contribution in [0.3, 0.4) is 0 Å². The molecule has 116 valence electrons. The molecule has 0 saturated carbocycles. The van der Waals surface area contributed by atoms with E-state index in [4.69, 9.17) is 9.84 Å². The van der Waals surface area contributed by atoms with Crippen molar-refractivity contribution in [2.45, 2.75) is 13.0 Å². The molecule has 2 N–H and O–H groups in total. The topological polar surface area (TPSA) is 88.5 Å². The van der Waals surface area contributed by atoms with E-state index in [1.807, 2.05) is 30.3 Å². The molecular weight excluding hydrogens is 304 g/mol. The van der Waals surface area contributed by atoms with Crippen molar-refractivity contribution in [2.24, 2.45) is 0 Å². The molecule has 1 amide bonds. The van der Waals surface area contributed by atoms with Crippen molar-refractivity contribution in [1.82, 2.24) is 10.3 Å². The Hall–Kier alpha value is -2.25. The van der Waals surface area contributed by atoms with Crippen LogP contribution in [0, 0.1) is 0 Å². The fourth-order valence-corrected chi connectivity index (χ4v) is 2.89. The lowest BCUT2D eigenvalue weighted by Gasteiger charge is -2.03. The van der Waals surface area contributed by atoms with Crippen LogP contribution in [0.25, 0.3) is 10.4 Å². The summed E-state index contributed by atoms with van der Waals surface area (Å²) in [6, 6.07) is 9.47. The molecule has 6 nitrogen and oxygen atoms in total. The predicted molar refractivity (Wildman–Crippen MR) is 82.8 cm³/mol. The normalized spacial score (nSPS) is 10.4. The molecule has 0 aliphatic heterocycles. The lowest BCUT2D eigenvalue weighted by atomic mass is 10.1. The molecule has 0 radical (unpaired) electrons. The van der Waals surface area contributed by atoms with Crippen LogP contribution >= 0.6 is 11.3 Å². The maximum atomic E-state index is 12.2. The highest BCUT2D eigenvalue weighted by Crippen LogP contribution is 2.30. The SMILES string of the molecule is COCc1nc(C(=O)NCCC(=O)O)c(-c2ccccc2)s1. The molecule has 1 heterocycles. The lowest BCUT2D eigenvalue weighted by Crippen LogP contribution is -2.26. The zero-order chi connectivity index (χ0) is 15.9. The van der Waals surface area contributed by atoms with Crippen molar-refractivity contribution in [2.75, 3.05) is 13.7 Å². The number of thiazole rings is 1. The lowest BCUT2D eigenvalue weighted by molar-refractivity contribution is -0.136. The average molecular weight is 320 g/mol. The number of carbonyl (C=O) groups excluding carboxylic acids is 1. The van der Waals surface area contributed by atoms with Crippen LogP contribution < -0.4 is 5.32 Å². The van der Waals surface area contributed by atoms with Crippen molar-refractivity contribution in [3.8, 4) is 10.4 Å². The second-order valence-electron chi connectivity index (χ2n) is 4.48. The van der Waals surface area contributed by atoms with E-state index in [0.717, 1.165) is 10.4 Å². The summed E-state index contributed by atoms with van der Waals surface area (Å²) >= 11 is 1.39. The zero-order valence-corrected chi connectivity index (χ0v) is 12.9. The first-order valence-corrected chi connectivity index (χ1v) is 7.47. The molecule has 0 aliphatic carbocycles. The number of nitrogens with zero attached hydrogens (tertiary/aromatic N) is 1. The number of hydrogen-bond donors (Lipinski definition) is 2. The number of aliphatic carboxylic acids is 1. The molecule has 0 saturated heterocycles. The third-order valence-electron chi connectivity index (χ3n) is 2.81. The smallest absolute Gasteiger partial charge is 0.305 e. The van der Waals surface area contributed by atoms with E-state index in [1.54, 1.807) is 7.11 Å². The Morgan fingerprint density at radius 1 is 1.32 bits per heavy atom. The molecule has 1 aromatic heterocycles. The minimum Gasteiger partial charge on any atom is -0.481 e. The fraction of sp³-hybridized carbons (Fsp3) is 0.267. The second kappa shape index (κ2) is 7.67. The van der Waals surface area contributed by atoms with E-state index in [1.165, 1.54) is 11.3 Å². The van der Waals surface area contributed by atoms with Crippen LogP contribution in [-0.4, -0.2) is 35.6 Å². The standard InChI is InChI=1S/C15H16N2O4S/c1-21-9-11-17-13(15(20)16-8-7-12(18)19)14(22-11)10-5-3-2-4-6-10/h2-6H,7-9H2,1H3,(H,16,20)(H,18,19). The maximum absolute atomic E-state index is 12.2. The quantitative estimate of drug-likeness (QED) is 0.816. The van der Waals surface area contributed by atoms with E-state index in [-0.39, 0.29) is 18.9 Å². The molecule has 0 unspecified atom stereocenters. The Morgan fingerprint density at radius 3 is 2.68 bits per heavy atom. The van der Waals surface area contributed by atoms with Crippen LogP contribution in [-0.2, 0) is 16.1 Å². The number of ether oxygens (including phenoxy) is 1. The molecule has 0 bridgehead atoms. The van der Waals surface area contributed by atoms with E-state index in [9.17, 15) is 9.59 Å². The van der Waals surface area contributed by atoms with Crippen molar-refractivity contribution in [1.29, 1.82) is 0 Å². The number of methoxy groups -OCH3 is 1. The van der Waals surface area contributed by atoms with Crippen LogP contribution in [0.1, 0.15) is 21.9 Å². The van der Waals surface area contributed by atoms with Gasteiger partial charge in [0.25, 0.3) is 5.91 Å². The molecule has 22 heavy (non-hydrogen) atoms. The monoisotopic (exact) mass is 320 g/mol. The number of carboxylic acid groups (broad SMARTS) is 1. The van der Waals surface area contributed by atoms with Crippen molar-refractivity contribution in [3.05, 3.63) is 41.0 Å². The Balaban J connectivity index is 2.24. The van der Waals surface area contributed by atoms with Gasteiger partial charge in [-0.3, -0.25) is 9.59 Å². The fourth-order valence-electron chi connectivity index (χ4n) is 1.86. The minimum atomic E-state index is -0.957. The molecule has 7 heteroatoms. The number of carbonyl (C=O) groups is 2. The van der Waals surface area contributed by atoms with Gasteiger partial charge in [0.2, 0.25) is 0 Å².